The van der Waals surface area contributed by atoms with E-state index in [2.05, 4.69) is 5.32 Å². The first-order chi connectivity index (χ1) is 12.2. The molecule has 1 N–H and O–H groups in total. The molecule has 0 spiro atoms. The third-order valence-corrected chi connectivity index (χ3v) is 4.80. The van der Waals surface area contributed by atoms with E-state index in [-0.39, 0.29) is 17.0 Å². The fraction of sp³-hybridized carbons (Fsp3) is 0.294. The van der Waals surface area contributed by atoms with Crippen LogP contribution in [0.1, 0.15) is 20.8 Å². The summed E-state index contributed by atoms with van der Waals surface area (Å²) in [7, 11) is 1.52. The van der Waals surface area contributed by atoms with Crippen LogP contribution in [0.15, 0.2) is 35.7 Å². The number of thiophene rings is 1. The maximum atomic E-state index is 13.2. The highest BCUT2D eigenvalue weighted by Gasteiger charge is 2.32. The van der Waals surface area contributed by atoms with Gasteiger partial charge in [-0.25, -0.2) is 0 Å². The number of benzene rings is 1. The van der Waals surface area contributed by atoms with Gasteiger partial charge in [0, 0.05) is 23.2 Å². The molecule has 2 aromatic rings. The highest BCUT2D eigenvalue weighted by Crippen LogP contribution is 2.32. The third kappa shape index (κ3) is 5.50. The minimum Gasteiger partial charge on any atom is -0.337 e. The number of hydrogen-bond donors (Lipinski definition) is 1. The molecule has 1 aromatic carbocycles. The van der Waals surface area contributed by atoms with Crippen molar-refractivity contribution in [2.75, 3.05) is 24.4 Å². The van der Waals surface area contributed by atoms with Gasteiger partial charge in [-0.05, 0) is 35.9 Å². The van der Waals surface area contributed by atoms with Crippen molar-refractivity contribution in [3.05, 3.63) is 51.7 Å². The number of carbonyl (C=O) groups is 2. The second-order valence-corrected chi connectivity index (χ2v) is 7.42. The highest BCUT2D eigenvalue weighted by atomic mass is 32.2. The third-order valence-electron chi connectivity index (χ3n) is 3.39. The van der Waals surface area contributed by atoms with Crippen LogP contribution in [0.3, 0.4) is 0 Å². The summed E-state index contributed by atoms with van der Waals surface area (Å²) in [6.45, 7) is 0.293. The van der Waals surface area contributed by atoms with Gasteiger partial charge in [-0.15, -0.1) is 11.3 Å². The molecule has 0 aliphatic carbocycles. The Hall–Kier alpha value is -2.00. The number of thioether (sulfide) groups is 1. The van der Waals surface area contributed by atoms with Crippen molar-refractivity contribution < 1.29 is 22.8 Å². The van der Waals surface area contributed by atoms with E-state index < -0.39 is 23.6 Å². The molecule has 2 amide bonds. The monoisotopic (exact) mass is 402 g/mol. The average molecular weight is 402 g/mol. The number of carbonyl (C=O) groups excluding carboxylic acids is 2. The van der Waals surface area contributed by atoms with E-state index in [0.29, 0.717) is 6.54 Å². The molecule has 2 rings (SSSR count). The zero-order valence-electron chi connectivity index (χ0n) is 14.1. The molecule has 4 nitrogen and oxygen atoms in total. The first kappa shape index (κ1) is 20.3. The first-order valence-corrected chi connectivity index (χ1v) is 9.77. The normalized spacial score (nSPS) is 11.3. The van der Waals surface area contributed by atoms with E-state index >= 15 is 0 Å². The second kappa shape index (κ2) is 8.59. The van der Waals surface area contributed by atoms with Crippen molar-refractivity contribution in [3.63, 3.8) is 0 Å². The molecule has 0 fully saturated rings. The molecule has 0 radical (unpaired) electrons. The summed E-state index contributed by atoms with van der Waals surface area (Å²) < 4.78 is 39.5. The second-order valence-electron chi connectivity index (χ2n) is 5.52. The van der Waals surface area contributed by atoms with E-state index in [1.807, 2.05) is 17.5 Å². The largest absolute Gasteiger partial charge is 0.416 e. The van der Waals surface area contributed by atoms with Gasteiger partial charge in [0.05, 0.1) is 17.9 Å². The van der Waals surface area contributed by atoms with Gasteiger partial charge in [0.2, 0.25) is 5.91 Å². The Bertz CT molecular complexity index is 777. The number of hydrogen-bond acceptors (Lipinski definition) is 4. The lowest BCUT2D eigenvalue weighted by Crippen LogP contribution is -2.26. The van der Waals surface area contributed by atoms with Crippen LogP contribution < -0.4 is 5.32 Å². The SMILES string of the molecule is CSCC(=O)Nc1cc(C(=O)N(C)Cc2cccs2)cc(C(F)(F)F)c1. The van der Waals surface area contributed by atoms with Gasteiger partial charge in [0.15, 0.2) is 0 Å². The predicted molar refractivity (Wildman–Crippen MR) is 98.6 cm³/mol. The van der Waals surface area contributed by atoms with Crippen LogP contribution in [0.2, 0.25) is 0 Å². The number of nitrogens with zero attached hydrogens (tertiary/aromatic N) is 1. The maximum Gasteiger partial charge on any atom is 0.416 e. The predicted octanol–water partition coefficient (Wildman–Crippen LogP) is 4.34. The van der Waals surface area contributed by atoms with Crippen molar-refractivity contribution in [2.45, 2.75) is 12.7 Å². The molecule has 9 heteroatoms. The van der Waals surface area contributed by atoms with E-state index in [1.54, 1.807) is 6.26 Å². The first-order valence-electron chi connectivity index (χ1n) is 7.49. The van der Waals surface area contributed by atoms with E-state index in [4.69, 9.17) is 0 Å². The molecule has 0 bridgehead atoms. The Morgan fingerprint density at radius 1 is 1.27 bits per heavy atom. The molecule has 26 heavy (non-hydrogen) atoms. The number of alkyl halides is 3. The Morgan fingerprint density at radius 3 is 2.58 bits per heavy atom. The van der Waals surface area contributed by atoms with Crippen LogP contribution in [0, 0.1) is 0 Å². The van der Waals surface area contributed by atoms with Crippen LogP contribution in [-0.4, -0.2) is 35.8 Å². The molecule has 1 aromatic heterocycles. The lowest BCUT2D eigenvalue weighted by molar-refractivity contribution is -0.137. The van der Waals surface area contributed by atoms with Crippen LogP contribution >= 0.6 is 23.1 Å². The minimum absolute atomic E-state index is 0.0493. The molecule has 140 valence electrons. The summed E-state index contributed by atoms with van der Waals surface area (Å²) in [6.07, 6.45) is -2.91. The topological polar surface area (TPSA) is 49.4 Å². The number of amides is 2. The fourth-order valence-corrected chi connectivity index (χ4v) is 3.34. The summed E-state index contributed by atoms with van der Waals surface area (Å²) in [6, 6.07) is 6.57. The van der Waals surface area contributed by atoms with Gasteiger partial charge in [-0.2, -0.15) is 24.9 Å². The van der Waals surface area contributed by atoms with Crippen LogP contribution in [0.25, 0.3) is 0 Å². The molecule has 0 aliphatic heterocycles. The van der Waals surface area contributed by atoms with Crippen LogP contribution in [0.5, 0.6) is 0 Å². The van der Waals surface area contributed by atoms with Crippen molar-refractivity contribution in [3.8, 4) is 0 Å². The molecular formula is C17H17F3N2O2S2. The van der Waals surface area contributed by atoms with Gasteiger partial charge in [-0.1, -0.05) is 6.07 Å². The molecule has 0 aliphatic rings. The Morgan fingerprint density at radius 2 is 2.00 bits per heavy atom. The number of rotatable bonds is 6. The summed E-state index contributed by atoms with van der Waals surface area (Å²) >= 11 is 2.70. The highest BCUT2D eigenvalue weighted by molar-refractivity contribution is 7.99. The average Bonchev–Trinajstić information content (AvgIpc) is 3.06. The van der Waals surface area contributed by atoms with Gasteiger partial charge in [0.25, 0.3) is 5.91 Å². The van der Waals surface area contributed by atoms with Gasteiger partial charge < -0.3 is 10.2 Å². The van der Waals surface area contributed by atoms with E-state index in [9.17, 15) is 22.8 Å². The van der Waals surface area contributed by atoms with Crippen molar-refractivity contribution >= 4 is 40.6 Å². The summed E-state index contributed by atoms with van der Waals surface area (Å²) in [5, 5.41) is 4.27. The number of anilines is 1. The molecule has 1 heterocycles. The summed E-state index contributed by atoms with van der Waals surface area (Å²) in [5.41, 5.74) is -1.16. The molecule has 0 atom stereocenters. The minimum atomic E-state index is -4.62. The van der Waals surface area contributed by atoms with Gasteiger partial charge in [-0.3, -0.25) is 9.59 Å². The van der Waals surface area contributed by atoms with E-state index in [1.165, 1.54) is 41.1 Å². The smallest absolute Gasteiger partial charge is 0.337 e. The van der Waals surface area contributed by atoms with Crippen molar-refractivity contribution in [1.82, 2.24) is 4.90 Å². The quantitative estimate of drug-likeness (QED) is 0.782. The van der Waals surface area contributed by atoms with Gasteiger partial charge in [0.1, 0.15) is 0 Å². The van der Waals surface area contributed by atoms with Crippen LogP contribution in [0.4, 0.5) is 18.9 Å². The molecular weight excluding hydrogens is 385 g/mol. The van der Waals surface area contributed by atoms with E-state index in [0.717, 1.165) is 17.0 Å². The molecule has 0 saturated carbocycles. The standard InChI is InChI=1S/C17H17F3N2O2S2/c1-22(9-14-4-3-5-26-14)16(24)11-6-12(17(18,19)20)8-13(7-11)21-15(23)10-25-2/h3-8H,9-10H2,1-2H3,(H,21,23). The number of nitrogens with one attached hydrogen (secondary N) is 1. The Labute approximate surface area is 157 Å². The summed E-state index contributed by atoms with van der Waals surface area (Å²) in [5.74, 6) is -0.871. The Balaban J connectivity index is 2.30. The lowest BCUT2D eigenvalue weighted by atomic mass is 10.1. The lowest BCUT2D eigenvalue weighted by Gasteiger charge is -2.18. The maximum absolute atomic E-state index is 13.2. The van der Waals surface area contributed by atoms with Gasteiger partial charge >= 0.3 is 6.18 Å². The molecule has 0 unspecified atom stereocenters. The fourth-order valence-electron chi connectivity index (χ4n) is 2.24. The van der Waals surface area contributed by atoms with Crippen LogP contribution in [-0.2, 0) is 17.5 Å². The zero-order chi connectivity index (χ0) is 19.3. The number of halogens is 3. The Kier molecular flexibility index (Phi) is 6.71. The zero-order valence-corrected chi connectivity index (χ0v) is 15.7. The molecule has 0 saturated heterocycles. The summed E-state index contributed by atoms with van der Waals surface area (Å²) in [4.78, 5) is 26.5. The van der Waals surface area contributed by atoms with Crippen molar-refractivity contribution in [2.24, 2.45) is 0 Å². The van der Waals surface area contributed by atoms with Crippen molar-refractivity contribution in [1.29, 1.82) is 0 Å².